The van der Waals surface area contributed by atoms with Gasteiger partial charge < -0.3 is 25.4 Å². The molecular weight excluding hydrogens is 436 g/mol. The minimum atomic E-state index is -1.20. The number of hydrogen-bond donors (Lipinski definition) is 3. The second-order valence-electron chi connectivity index (χ2n) is 8.79. The lowest BCUT2D eigenvalue weighted by Crippen LogP contribution is -2.51. The molecule has 2 unspecified atom stereocenters. The number of nitriles is 1. The highest BCUT2D eigenvalue weighted by atomic mass is 16.6. The molecule has 0 aliphatic carbocycles. The van der Waals surface area contributed by atoms with Crippen molar-refractivity contribution in [3.05, 3.63) is 59.7 Å². The number of carbonyl (C=O) groups is 3. The Kier molecular flexibility index (Phi) is 8.62. The summed E-state index contributed by atoms with van der Waals surface area (Å²) in [5, 5.41) is 24.4. The van der Waals surface area contributed by atoms with E-state index >= 15 is 0 Å². The number of benzene rings is 2. The highest BCUT2D eigenvalue weighted by Crippen LogP contribution is 2.26. The first kappa shape index (κ1) is 26.2. The quantitative estimate of drug-likeness (QED) is 0.534. The third-order valence-corrected chi connectivity index (χ3v) is 4.80. The number of phenolic OH excluding ortho intramolecular Hbond substituents is 1. The fourth-order valence-corrected chi connectivity index (χ4v) is 3.21. The summed E-state index contributed by atoms with van der Waals surface area (Å²) < 4.78 is 5.20. The fourth-order valence-electron chi connectivity index (χ4n) is 3.21. The van der Waals surface area contributed by atoms with E-state index in [-0.39, 0.29) is 5.75 Å². The Morgan fingerprint density at radius 1 is 1.12 bits per heavy atom. The van der Waals surface area contributed by atoms with Gasteiger partial charge in [0.15, 0.2) is 0 Å². The minimum absolute atomic E-state index is 0.0140. The number of ether oxygens (including phenoxy) is 1. The van der Waals surface area contributed by atoms with Gasteiger partial charge in [0.25, 0.3) is 5.91 Å². The Morgan fingerprint density at radius 2 is 1.74 bits per heavy atom. The van der Waals surface area contributed by atoms with E-state index in [1.54, 1.807) is 32.9 Å². The highest BCUT2D eigenvalue weighted by molar-refractivity contribution is 5.99. The van der Waals surface area contributed by atoms with Crippen LogP contribution in [0.15, 0.2) is 48.5 Å². The first-order chi connectivity index (χ1) is 15.9. The molecule has 9 nitrogen and oxygen atoms in total. The molecule has 2 aromatic carbocycles. The van der Waals surface area contributed by atoms with Crippen LogP contribution in [0.25, 0.3) is 0 Å². The number of amides is 3. The maximum Gasteiger partial charge on any atom is 0.408 e. The molecule has 0 heterocycles. The van der Waals surface area contributed by atoms with E-state index in [1.165, 1.54) is 31.2 Å². The van der Waals surface area contributed by atoms with Gasteiger partial charge in [0.05, 0.1) is 6.07 Å². The van der Waals surface area contributed by atoms with Crippen LogP contribution in [0.4, 0.5) is 10.5 Å². The van der Waals surface area contributed by atoms with Crippen molar-refractivity contribution in [1.82, 2.24) is 10.2 Å². The number of alkyl carbamates (subject to hydrolysis) is 1. The number of anilines is 1. The van der Waals surface area contributed by atoms with Crippen molar-refractivity contribution in [2.45, 2.75) is 52.3 Å². The largest absolute Gasteiger partial charge is 0.508 e. The van der Waals surface area contributed by atoms with E-state index in [0.717, 1.165) is 10.5 Å². The fraction of sp³-hybridized carbons (Fsp3) is 0.360. The van der Waals surface area contributed by atoms with Crippen LogP contribution in [-0.4, -0.2) is 46.1 Å². The standard InChI is InChI=1S/C25H30N4O5/c1-16-8-6-7-9-20(16)28-22(31)21(18-10-12-19(30)13-11-18)29(15-14-26)23(32)17(2)27-24(33)34-25(3,4)5/h6-13,17,21,30H,15H2,1-5H3,(H,27,33)(H,28,31). The van der Waals surface area contributed by atoms with Crippen molar-refractivity contribution in [3.63, 3.8) is 0 Å². The molecule has 0 aliphatic heterocycles. The zero-order valence-corrected chi connectivity index (χ0v) is 20.0. The Bertz CT molecular complexity index is 1070. The van der Waals surface area contributed by atoms with E-state index in [4.69, 9.17) is 4.74 Å². The lowest BCUT2D eigenvalue weighted by atomic mass is 10.0. The molecule has 0 radical (unpaired) electrons. The van der Waals surface area contributed by atoms with Crippen molar-refractivity contribution in [3.8, 4) is 11.8 Å². The molecule has 0 aliphatic rings. The van der Waals surface area contributed by atoms with Crippen molar-refractivity contribution in [2.75, 3.05) is 11.9 Å². The summed E-state index contributed by atoms with van der Waals surface area (Å²) in [7, 11) is 0. The zero-order valence-electron chi connectivity index (χ0n) is 20.0. The van der Waals surface area contributed by atoms with Crippen LogP contribution in [0, 0.1) is 18.3 Å². The van der Waals surface area contributed by atoms with E-state index in [0.29, 0.717) is 11.3 Å². The molecule has 34 heavy (non-hydrogen) atoms. The number of para-hydroxylation sites is 1. The number of carbonyl (C=O) groups excluding carboxylic acids is 3. The topological polar surface area (TPSA) is 132 Å². The molecule has 3 N–H and O–H groups in total. The highest BCUT2D eigenvalue weighted by Gasteiger charge is 2.35. The van der Waals surface area contributed by atoms with E-state index in [2.05, 4.69) is 10.6 Å². The zero-order chi connectivity index (χ0) is 25.5. The summed E-state index contributed by atoms with van der Waals surface area (Å²) >= 11 is 0. The predicted molar refractivity (Wildman–Crippen MR) is 127 cm³/mol. The summed E-state index contributed by atoms with van der Waals surface area (Å²) in [6.07, 6.45) is -0.796. The Labute approximate surface area is 199 Å². The molecule has 0 saturated heterocycles. The number of nitrogens with one attached hydrogen (secondary N) is 2. The number of phenols is 1. The lowest BCUT2D eigenvalue weighted by molar-refractivity contribution is -0.139. The monoisotopic (exact) mass is 466 g/mol. The van der Waals surface area contributed by atoms with Crippen molar-refractivity contribution in [1.29, 1.82) is 5.26 Å². The Morgan fingerprint density at radius 3 is 2.29 bits per heavy atom. The van der Waals surface area contributed by atoms with Crippen LogP contribution < -0.4 is 10.6 Å². The summed E-state index contributed by atoms with van der Waals surface area (Å²) in [5.74, 6) is -1.21. The molecule has 0 bridgehead atoms. The van der Waals surface area contributed by atoms with Crippen LogP contribution in [0.3, 0.4) is 0 Å². The van der Waals surface area contributed by atoms with Crippen molar-refractivity contribution < 1.29 is 24.2 Å². The first-order valence-electron chi connectivity index (χ1n) is 10.8. The number of aryl methyl sites for hydroxylation is 1. The van der Waals surface area contributed by atoms with E-state index in [9.17, 15) is 24.8 Å². The van der Waals surface area contributed by atoms with Crippen LogP contribution in [0.1, 0.15) is 44.9 Å². The van der Waals surface area contributed by atoms with Crippen LogP contribution in [0.5, 0.6) is 5.75 Å². The SMILES string of the molecule is Cc1ccccc1NC(=O)C(c1ccc(O)cc1)N(CC#N)C(=O)C(C)NC(=O)OC(C)(C)C. The summed E-state index contributed by atoms with van der Waals surface area (Å²) in [5.41, 5.74) is 0.997. The molecule has 2 atom stereocenters. The summed E-state index contributed by atoms with van der Waals surface area (Å²) in [4.78, 5) is 40.0. The normalized spacial score (nSPS) is 12.6. The first-order valence-corrected chi connectivity index (χ1v) is 10.8. The molecule has 0 saturated carbocycles. The minimum Gasteiger partial charge on any atom is -0.508 e. The molecular formula is C25H30N4O5. The maximum atomic E-state index is 13.4. The summed E-state index contributed by atoms with van der Waals surface area (Å²) in [6, 6.07) is 12.6. The lowest BCUT2D eigenvalue weighted by Gasteiger charge is -2.32. The second kappa shape index (κ2) is 11.2. The molecule has 0 fully saturated rings. The molecule has 180 valence electrons. The molecule has 3 amide bonds. The summed E-state index contributed by atoms with van der Waals surface area (Å²) in [6.45, 7) is 7.94. The second-order valence-corrected chi connectivity index (χ2v) is 8.79. The average Bonchev–Trinajstić information content (AvgIpc) is 2.74. The van der Waals surface area contributed by atoms with Crippen LogP contribution >= 0.6 is 0 Å². The molecule has 0 aromatic heterocycles. The number of hydrogen-bond acceptors (Lipinski definition) is 6. The van der Waals surface area contributed by atoms with Gasteiger partial charge in [-0.3, -0.25) is 9.59 Å². The van der Waals surface area contributed by atoms with Gasteiger partial charge in [-0.05, 0) is 63.9 Å². The average molecular weight is 467 g/mol. The van der Waals surface area contributed by atoms with Gasteiger partial charge in [-0.25, -0.2) is 4.79 Å². The van der Waals surface area contributed by atoms with E-state index in [1.807, 2.05) is 25.1 Å². The number of nitrogens with zero attached hydrogens (tertiary/aromatic N) is 2. The third kappa shape index (κ3) is 7.24. The van der Waals surface area contributed by atoms with Crippen molar-refractivity contribution >= 4 is 23.6 Å². The van der Waals surface area contributed by atoms with Gasteiger partial charge in [0.2, 0.25) is 5.91 Å². The van der Waals surface area contributed by atoms with Gasteiger partial charge in [-0.1, -0.05) is 30.3 Å². The van der Waals surface area contributed by atoms with Crippen LogP contribution in [0.2, 0.25) is 0 Å². The van der Waals surface area contributed by atoms with Gasteiger partial charge in [0, 0.05) is 5.69 Å². The molecule has 2 rings (SSSR count). The Balaban J connectivity index is 2.39. The van der Waals surface area contributed by atoms with Gasteiger partial charge in [-0.2, -0.15) is 5.26 Å². The third-order valence-electron chi connectivity index (χ3n) is 4.80. The Hall–Kier alpha value is -4.06. The van der Waals surface area contributed by atoms with Crippen LogP contribution in [-0.2, 0) is 14.3 Å². The van der Waals surface area contributed by atoms with Gasteiger partial charge >= 0.3 is 6.09 Å². The smallest absolute Gasteiger partial charge is 0.408 e. The van der Waals surface area contributed by atoms with Gasteiger partial charge in [0.1, 0.15) is 30.0 Å². The van der Waals surface area contributed by atoms with Crippen molar-refractivity contribution in [2.24, 2.45) is 0 Å². The predicted octanol–water partition coefficient (Wildman–Crippen LogP) is 3.65. The van der Waals surface area contributed by atoms with Gasteiger partial charge in [-0.15, -0.1) is 0 Å². The maximum absolute atomic E-state index is 13.4. The van der Waals surface area contributed by atoms with E-state index < -0.39 is 42.1 Å². The number of rotatable bonds is 7. The number of aromatic hydroxyl groups is 1. The molecule has 9 heteroatoms. The molecule has 2 aromatic rings. The molecule has 0 spiro atoms.